The molecule has 1 saturated heterocycles. The van der Waals surface area contributed by atoms with E-state index in [-0.39, 0.29) is 11.4 Å². The number of benzene rings is 3. The van der Waals surface area contributed by atoms with E-state index in [1.54, 1.807) is 12.1 Å². The highest BCUT2D eigenvalue weighted by Crippen LogP contribution is 2.29. The molecule has 1 unspecified atom stereocenters. The van der Waals surface area contributed by atoms with Gasteiger partial charge in [0.25, 0.3) is 5.56 Å². The predicted octanol–water partition coefficient (Wildman–Crippen LogP) is 7.47. The molecule has 0 spiro atoms. The first kappa shape index (κ1) is 25.9. The average molecular weight is 524 g/mol. The van der Waals surface area contributed by atoms with Crippen molar-refractivity contribution in [2.24, 2.45) is 11.8 Å². The quantitative estimate of drug-likeness (QED) is 0.263. The second-order valence-corrected chi connectivity index (χ2v) is 11.7. The summed E-state index contributed by atoms with van der Waals surface area (Å²) in [5.41, 5.74) is 4.61. The summed E-state index contributed by atoms with van der Waals surface area (Å²) in [7, 11) is 0. The lowest BCUT2D eigenvalue weighted by atomic mass is 9.88. The van der Waals surface area contributed by atoms with Crippen molar-refractivity contribution in [3.05, 3.63) is 88.5 Å². The molecule has 1 atom stereocenters. The Morgan fingerprint density at radius 1 is 0.846 bits per heavy atom. The SMILES string of the molecule is Cc1ccccc1-c1nc2ccc(-c3ccc(F)cc3)cc2c(=O)n1CC1CCCN(CC2CCCCC2)C1. The molecule has 1 aliphatic carbocycles. The first-order chi connectivity index (χ1) is 19.0. The Kier molecular flexibility index (Phi) is 7.60. The molecule has 5 heteroatoms. The summed E-state index contributed by atoms with van der Waals surface area (Å²) in [6.45, 7) is 6.17. The lowest BCUT2D eigenvalue weighted by molar-refractivity contribution is 0.129. The van der Waals surface area contributed by atoms with Crippen molar-refractivity contribution in [3.63, 3.8) is 0 Å². The third kappa shape index (κ3) is 5.69. The van der Waals surface area contributed by atoms with E-state index in [2.05, 4.69) is 24.0 Å². The number of rotatable bonds is 6. The number of likely N-dealkylation sites (tertiary alicyclic amines) is 1. The molecule has 202 valence electrons. The molecule has 6 rings (SSSR count). The van der Waals surface area contributed by atoms with E-state index in [1.165, 1.54) is 63.7 Å². The summed E-state index contributed by atoms with van der Waals surface area (Å²) in [5.74, 6) is 1.73. The van der Waals surface area contributed by atoms with Crippen molar-refractivity contribution in [1.29, 1.82) is 0 Å². The second-order valence-electron chi connectivity index (χ2n) is 11.7. The van der Waals surface area contributed by atoms with Crippen molar-refractivity contribution >= 4 is 10.9 Å². The highest BCUT2D eigenvalue weighted by Gasteiger charge is 2.25. The molecule has 0 N–H and O–H groups in total. The van der Waals surface area contributed by atoms with Crippen LogP contribution in [0, 0.1) is 24.6 Å². The smallest absolute Gasteiger partial charge is 0.261 e. The molecule has 0 amide bonds. The van der Waals surface area contributed by atoms with Gasteiger partial charge in [-0.15, -0.1) is 0 Å². The molecule has 0 bridgehead atoms. The number of aryl methyl sites for hydroxylation is 1. The minimum absolute atomic E-state index is 0.00613. The van der Waals surface area contributed by atoms with Gasteiger partial charge in [0.15, 0.2) is 0 Å². The first-order valence-electron chi connectivity index (χ1n) is 14.6. The number of halogens is 1. The highest BCUT2D eigenvalue weighted by molar-refractivity contribution is 5.85. The van der Waals surface area contributed by atoms with Crippen LogP contribution in [0.15, 0.2) is 71.5 Å². The summed E-state index contributed by atoms with van der Waals surface area (Å²) in [4.78, 5) is 21.9. The van der Waals surface area contributed by atoms with E-state index in [4.69, 9.17) is 4.98 Å². The van der Waals surface area contributed by atoms with Gasteiger partial charge in [-0.2, -0.15) is 0 Å². The maximum Gasteiger partial charge on any atom is 0.261 e. The maximum absolute atomic E-state index is 14.2. The van der Waals surface area contributed by atoms with Crippen LogP contribution in [0.4, 0.5) is 4.39 Å². The van der Waals surface area contributed by atoms with Crippen molar-refractivity contribution < 1.29 is 4.39 Å². The molecular formula is C34H38FN3O. The van der Waals surface area contributed by atoms with Gasteiger partial charge in [0.05, 0.1) is 10.9 Å². The Balaban J connectivity index is 1.37. The Morgan fingerprint density at radius 2 is 1.59 bits per heavy atom. The Hall–Kier alpha value is -3.31. The standard InChI is InChI=1S/C34H38FN3O/c1-24-8-5-6-12-30(24)33-36-32-18-15-28(27-13-16-29(35)17-14-27)20-31(32)34(39)38(33)23-26-11-7-19-37(22-26)21-25-9-3-2-4-10-25/h5-6,8,12-18,20,25-26H,2-4,7,9-11,19,21-23H2,1H3. The van der Waals surface area contributed by atoms with Crippen molar-refractivity contribution in [3.8, 4) is 22.5 Å². The van der Waals surface area contributed by atoms with Gasteiger partial charge in [0.1, 0.15) is 11.6 Å². The number of nitrogens with zero attached hydrogens (tertiary/aromatic N) is 3. The summed E-state index contributed by atoms with van der Waals surface area (Å²) >= 11 is 0. The third-order valence-electron chi connectivity index (χ3n) is 8.80. The molecule has 39 heavy (non-hydrogen) atoms. The molecule has 2 heterocycles. The van der Waals surface area contributed by atoms with Crippen molar-refractivity contribution in [1.82, 2.24) is 14.5 Å². The normalized spacial score (nSPS) is 19.0. The third-order valence-corrected chi connectivity index (χ3v) is 8.80. The Morgan fingerprint density at radius 3 is 2.38 bits per heavy atom. The fraction of sp³-hybridized carbons (Fsp3) is 0.412. The lowest BCUT2D eigenvalue weighted by Crippen LogP contribution is -2.41. The summed E-state index contributed by atoms with van der Waals surface area (Å²) in [6.07, 6.45) is 9.18. The second kappa shape index (κ2) is 11.4. The van der Waals surface area contributed by atoms with Gasteiger partial charge in [-0.1, -0.05) is 61.7 Å². The summed E-state index contributed by atoms with van der Waals surface area (Å²) in [5, 5.41) is 0.615. The maximum atomic E-state index is 14.2. The molecule has 2 aliphatic rings. The molecule has 3 aromatic carbocycles. The zero-order valence-corrected chi connectivity index (χ0v) is 22.9. The number of hydrogen-bond donors (Lipinski definition) is 0. The van der Waals surface area contributed by atoms with Crippen LogP contribution in [0.1, 0.15) is 50.5 Å². The van der Waals surface area contributed by atoms with Crippen molar-refractivity contribution in [2.45, 2.75) is 58.4 Å². The topological polar surface area (TPSA) is 38.1 Å². The Bertz CT molecular complexity index is 1500. The molecule has 4 aromatic rings. The van der Waals surface area contributed by atoms with Crippen LogP contribution in [0.5, 0.6) is 0 Å². The molecule has 1 aromatic heterocycles. The molecule has 0 radical (unpaired) electrons. The van der Waals surface area contributed by atoms with E-state index in [0.29, 0.717) is 23.4 Å². The van der Waals surface area contributed by atoms with E-state index >= 15 is 0 Å². The minimum Gasteiger partial charge on any atom is -0.303 e. The predicted molar refractivity (Wildman–Crippen MR) is 157 cm³/mol. The van der Waals surface area contributed by atoms with Crippen LogP contribution in [0.2, 0.25) is 0 Å². The van der Waals surface area contributed by atoms with Gasteiger partial charge < -0.3 is 4.90 Å². The van der Waals surface area contributed by atoms with Gasteiger partial charge in [-0.25, -0.2) is 9.37 Å². The zero-order chi connectivity index (χ0) is 26.8. The van der Waals surface area contributed by atoms with Crippen LogP contribution in [-0.2, 0) is 6.54 Å². The van der Waals surface area contributed by atoms with Gasteiger partial charge in [0, 0.05) is 25.2 Å². The molecule has 2 fully saturated rings. The highest BCUT2D eigenvalue weighted by atomic mass is 19.1. The molecule has 4 nitrogen and oxygen atoms in total. The minimum atomic E-state index is -0.267. The number of piperidine rings is 1. The first-order valence-corrected chi connectivity index (χ1v) is 14.6. The van der Waals surface area contributed by atoms with E-state index in [1.807, 2.05) is 34.9 Å². The average Bonchev–Trinajstić information content (AvgIpc) is 2.96. The van der Waals surface area contributed by atoms with Crippen LogP contribution < -0.4 is 5.56 Å². The van der Waals surface area contributed by atoms with E-state index < -0.39 is 0 Å². The van der Waals surface area contributed by atoms with Gasteiger partial charge in [0.2, 0.25) is 0 Å². The fourth-order valence-electron chi connectivity index (χ4n) is 6.70. The van der Waals surface area contributed by atoms with Crippen molar-refractivity contribution in [2.75, 3.05) is 19.6 Å². The van der Waals surface area contributed by atoms with Crippen LogP contribution >= 0.6 is 0 Å². The Labute approximate surface area is 230 Å². The van der Waals surface area contributed by atoms with Crippen LogP contribution in [0.25, 0.3) is 33.4 Å². The number of hydrogen-bond acceptors (Lipinski definition) is 3. The number of fused-ring (bicyclic) bond motifs is 1. The molecule has 1 saturated carbocycles. The fourth-order valence-corrected chi connectivity index (χ4v) is 6.70. The summed E-state index contributed by atoms with van der Waals surface area (Å²) in [6, 6.07) is 20.5. The lowest BCUT2D eigenvalue weighted by Gasteiger charge is -2.36. The molecular weight excluding hydrogens is 485 g/mol. The van der Waals surface area contributed by atoms with Crippen LogP contribution in [-0.4, -0.2) is 34.1 Å². The summed E-state index contributed by atoms with van der Waals surface area (Å²) < 4.78 is 15.5. The molecule has 1 aliphatic heterocycles. The van der Waals surface area contributed by atoms with Gasteiger partial charge in [-0.05, 0) is 91.9 Å². The largest absolute Gasteiger partial charge is 0.303 e. The number of aromatic nitrogens is 2. The van der Waals surface area contributed by atoms with Crippen LogP contribution in [0.3, 0.4) is 0 Å². The van der Waals surface area contributed by atoms with E-state index in [9.17, 15) is 9.18 Å². The monoisotopic (exact) mass is 523 g/mol. The zero-order valence-electron chi connectivity index (χ0n) is 22.9. The van der Waals surface area contributed by atoms with E-state index in [0.717, 1.165) is 47.0 Å². The van der Waals surface area contributed by atoms with Gasteiger partial charge in [-0.3, -0.25) is 9.36 Å². The van der Waals surface area contributed by atoms with Gasteiger partial charge >= 0.3 is 0 Å².